The molecule has 0 saturated carbocycles. The van der Waals surface area contributed by atoms with Crippen molar-refractivity contribution < 1.29 is 9.90 Å². The van der Waals surface area contributed by atoms with E-state index in [4.69, 9.17) is 22.4 Å². The highest BCUT2D eigenvalue weighted by atomic mass is 35.5. The van der Waals surface area contributed by atoms with Gasteiger partial charge in [0.05, 0.1) is 5.69 Å². The molecule has 0 saturated heterocycles. The van der Waals surface area contributed by atoms with E-state index in [2.05, 4.69) is 4.98 Å². The Hall–Kier alpha value is -0.650. The molecule has 0 aliphatic rings. The predicted molar refractivity (Wildman–Crippen MR) is 46.4 cm³/mol. The lowest BCUT2D eigenvalue weighted by atomic mass is 10.2. The van der Waals surface area contributed by atoms with Crippen LogP contribution in [0.1, 0.15) is 5.69 Å². The van der Waals surface area contributed by atoms with Crippen LogP contribution < -0.4 is 5.73 Å². The largest absolute Gasteiger partial charge is 0.480 e. The molecule has 1 unspecified atom stereocenters. The van der Waals surface area contributed by atoms with Crippen LogP contribution in [0.25, 0.3) is 0 Å². The molecular weight excluding hydrogens is 200 g/mol. The molecular formula is C6H7ClN2O2S. The molecule has 0 amide bonds. The highest BCUT2D eigenvalue weighted by Gasteiger charge is 2.13. The maximum Gasteiger partial charge on any atom is 0.320 e. The van der Waals surface area contributed by atoms with Crippen molar-refractivity contribution in [3.8, 4) is 0 Å². The Morgan fingerprint density at radius 2 is 2.58 bits per heavy atom. The number of carboxylic acid groups (broad SMARTS) is 1. The fraction of sp³-hybridized carbons (Fsp3) is 0.333. The van der Waals surface area contributed by atoms with Crippen molar-refractivity contribution in [3.05, 3.63) is 15.5 Å². The maximum absolute atomic E-state index is 10.3. The lowest BCUT2D eigenvalue weighted by Gasteiger charge is -2.01. The molecule has 6 heteroatoms. The fourth-order valence-corrected chi connectivity index (χ4v) is 1.48. The second kappa shape index (κ2) is 3.84. The number of carboxylic acids is 1. The van der Waals surface area contributed by atoms with Gasteiger partial charge in [0.25, 0.3) is 0 Å². The van der Waals surface area contributed by atoms with Crippen molar-refractivity contribution in [2.24, 2.45) is 5.73 Å². The summed E-state index contributed by atoms with van der Waals surface area (Å²) in [6.07, 6.45) is 0.221. The third-order valence-electron chi connectivity index (χ3n) is 1.27. The Morgan fingerprint density at radius 1 is 1.92 bits per heavy atom. The SMILES string of the molecule is NC(Cc1csc(Cl)n1)C(=O)O. The Morgan fingerprint density at radius 3 is 3.00 bits per heavy atom. The summed E-state index contributed by atoms with van der Waals surface area (Å²) in [5.74, 6) is -1.03. The first-order chi connectivity index (χ1) is 5.59. The van der Waals surface area contributed by atoms with Crippen LogP contribution in [-0.4, -0.2) is 22.1 Å². The quantitative estimate of drug-likeness (QED) is 0.765. The molecule has 3 N–H and O–H groups in total. The van der Waals surface area contributed by atoms with Gasteiger partial charge in [0, 0.05) is 11.8 Å². The summed E-state index contributed by atoms with van der Waals surface area (Å²) in [6.45, 7) is 0. The second-order valence-electron chi connectivity index (χ2n) is 2.24. The van der Waals surface area contributed by atoms with Gasteiger partial charge in [0.2, 0.25) is 0 Å². The molecule has 1 atom stereocenters. The number of aliphatic carboxylic acids is 1. The fourth-order valence-electron chi connectivity index (χ4n) is 0.689. The summed E-state index contributed by atoms with van der Waals surface area (Å²) >= 11 is 6.81. The number of nitrogens with two attached hydrogens (primary N) is 1. The normalized spacial score (nSPS) is 12.8. The van der Waals surface area contributed by atoms with Gasteiger partial charge >= 0.3 is 5.97 Å². The Bertz CT molecular complexity index is 289. The molecule has 1 rings (SSSR count). The maximum atomic E-state index is 10.3. The molecule has 0 aliphatic carbocycles. The predicted octanol–water partition coefficient (Wildman–Crippen LogP) is 0.751. The van der Waals surface area contributed by atoms with Gasteiger partial charge in [0.1, 0.15) is 6.04 Å². The molecule has 0 fully saturated rings. The van der Waals surface area contributed by atoms with Gasteiger partial charge in [-0.3, -0.25) is 4.79 Å². The van der Waals surface area contributed by atoms with E-state index in [1.165, 1.54) is 11.3 Å². The van der Waals surface area contributed by atoms with Crippen molar-refractivity contribution in [1.82, 2.24) is 4.98 Å². The van der Waals surface area contributed by atoms with Gasteiger partial charge < -0.3 is 10.8 Å². The number of halogens is 1. The number of hydrogen-bond acceptors (Lipinski definition) is 4. The smallest absolute Gasteiger partial charge is 0.320 e. The van der Waals surface area contributed by atoms with Gasteiger partial charge in [-0.2, -0.15) is 0 Å². The van der Waals surface area contributed by atoms with Crippen molar-refractivity contribution in [2.45, 2.75) is 12.5 Å². The molecule has 0 bridgehead atoms. The summed E-state index contributed by atoms with van der Waals surface area (Å²) in [6, 6.07) is -0.900. The van der Waals surface area contributed by atoms with E-state index in [0.717, 1.165) is 0 Å². The van der Waals surface area contributed by atoms with Crippen LogP contribution >= 0.6 is 22.9 Å². The molecule has 1 heterocycles. The third-order valence-corrected chi connectivity index (χ3v) is 2.30. The average molecular weight is 207 g/mol. The van der Waals surface area contributed by atoms with Gasteiger partial charge in [-0.25, -0.2) is 4.98 Å². The zero-order chi connectivity index (χ0) is 9.14. The van der Waals surface area contributed by atoms with Gasteiger partial charge in [-0.15, -0.1) is 11.3 Å². The van der Waals surface area contributed by atoms with Crippen LogP contribution in [0, 0.1) is 0 Å². The second-order valence-corrected chi connectivity index (χ2v) is 3.68. The summed E-state index contributed by atoms with van der Waals surface area (Å²) in [5, 5.41) is 10.2. The van der Waals surface area contributed by atoms with Crippen molar-refractivity contribution in [3.63, 3.8) is 0 Å². The lowest BCUT2D eigenvalue weighted by molar-refractivity contribution is -0.138. The summed E-state index contributed by atoms with van der Waals surface area (Å²) in [5.41, 5.74) is 5.90. The van der Waals surface area contributed by atoms with Crippen molar-refractivity contribution in [2.75, 3.05) is 0 Å². The first kappa shape index (κ1) is 9.44. The van der Waals surface area contributed by atoms with Gasteiger partial charge in [-0.05, 0) is 0 Å². The van der Waals surface area contributed by atoms with E-state index in [9.17, 15) is 4.79 Å². The summed E-state index contributed by atoms with van der Waals surface area (Å²) in [7, 11) is 0. The standard InChI is InChI=1S/C6H7ClN2O2S/c7-6-9-3(2-12-6)1-4(8)5(10)11/h2,4H,1,8H2,(H,10,11). The van der Waals surface area contributed by atoms with E-state index in [0.29, 0.717) is 10.2 Å². The molecule has 0 aromatic carbocycles. The minimum atomic E-state index is -1.03. The summed E-state index contributed by atoms with van der Waals surface area (Å²) in [4.78, 5) is 14.2. The van der Waals surface area contributed by atoms with Crippen LogP contribution in [0.5, 0.6) is 0 Å². The molecule has 4 nitrogen and oxygen atoms in total. The van der Waals surface area contributed by atoms with Crippen LogP contribution in [-0.2, 0) is 11.2 Å². The third kappa shape index (κ3) is 2.44. The highest BCUT2D eigenvalue weighted by molar-refractivity contribution is 7.13. The topological polar surface area (TPSA) is 76.2 Å². The van der Waals surface area contributed by atoms with E-state index in [-0.39, 0.29) is 6.42 Å². The van der Waals surface area contributed by atoms with Crippen molar-refractivity contribution in [1.29, 1.82) is 0 Å². The van der Waals surface area contributed by atoms with Gasteiger partial charge in [0.15, 0.2) is 4.47 Å². The number of carbonyl (C=O) groups is 1. The molecule has 0 radical (unpaired) electrons. The zero-order valence-electron chi connectivity index (χ0n) is 6.03. The van der Waals surface area contributed by atoms with E-state index >= 15 is 0 Å². The minimum Gasteiger partial charge on any atom is -0.480 e. The van der Waals surface area contributed by atoms with Crippen LogP contribution in [0.3, 0.4) is 0 Å². The number of hydrogen-bond donors (Lipinski definition) is 2. The molecule has 1 aromatic heterocycles. The summed E-state index contributed by atoms with van der Waals surface area (Å²) < 4.78 is 0.405. The first-order valence-electron chi connectivity index (χ1n) is 3.18. The zero-order valence-corrected chi connectivity index (χ0v) is 7.60. The molecule has 0 spiro atoms. The number of thiazole rings is 1. The number of nitrogens with zero attached hydrogens (tertiary/aromatic N) is 1. The molecule has 0 aliphatic heterocycles. The lowest BCUT2D eigenvalue weighted by Crippen LogP contribution is -2.32. The monoisotopic (exact) mass is 206 g/mol. The van der Waals surface area contributed by atoms with Gasteiger partial charge in [-0.1, -0.05) is 11.6 Å². The highest BCUT2D eigenvalue weighted by Crippen LogP contribution is 2.15. The Labute approximate surface area is 78.0 Å². The molecule has 12 heavy (non-hydrogen) atoms. The van der Waals surface area contributed by atoms with E-state index < -0.39 is 12.0 Å². The van der Waals surface area contributed by atoms with E-state index in [1.807, 2.05) is 0 Å². The van der Waals surface area contributed by atoms with Crippen LogP contribution in [0.2, 0.25) is 4.47 Å². The van der Waals surface area contributed by atoms with Crippen LogP contribution in [0.15, 0.2) is 5.38 Å². The number of rotatable bonds is 3. The van der Waals surface area contributed by atoms with Crippen molar-refractivity contribution >= 4 is 28.9 Å². The first-order valence-corrected chi connectivity index (χ1v) is 4.43. The Balaban J connectivity index is 2.58. The average Bonchev–Trinajstić information content (AvgIpc) is 2.35. The molecule has 1 aromatic rings. The van der Waals surface area contributed by atoms with E-state index in [1.54, 1.807) is 5.38 Å². The minimum absolute atomic E-state index is 0.221. The number of aromatic nitrogens is 1. The molecule has 66 valence electrons. The Kier molecular flexibility index (Phi) is 3.02. The van der Waals surface area contributed by atoms with Crippen LogP contribution in [0.4, 0.5) is 0 Å².